The summed E-state index contributed by atoms with van der Waals surface area (Å²) in [7, 11) is 1.88. The molecule has 21 heavy (non-hydrogen) atoms. The summed E-state index contributed by atoms with van der Waals surface area (Å²) in [5.41, 5.74) is 4.00. The molecule has 3 N–H and O–H groups in total. The number of rotatable bonds is 4. The predicted molar refractivity (Wildman–Crippen MR) is 86.4 cm³/mol. The monoisotopic (exact) mass is 345 g/mol. The predicted octanol–water partition coefficient (Wildman–Crippen LogP) is 2.48. The van der Waals surface area contributed by atoms with Crippen molar-refractivity contribution in [2.45, 2.75) is 12.5 Å². The molecular formula is C15H16BrN5. The molecule has 0 amide bonds. The van der Waals surface area contributed by atoms with Gasteiger partial charge in [-0.2, -0.15) is 5.10 Å². The number of hydrogen-bond donors (Lipinski definition) is 2. The zero-order chi connectivity index (χ0) is 14.8. The van der Waals surface area contributed by atoms with Gasteiger partial charge in [0.05, 0.1) is 6.04 Å². The smallest absolute Gasteiger partial charge is 0.138 e. The molecule has 0 saturated heterocycles. The van der Waals surface area contributed by atoms with Crippen LogP contribution in [0.3, 0.4) is 0 Å². The van der Waals surface area contributed by atoms with Crippen LogP contribution in [-0.2, 0) is 13.5 Å². The van der Waals surface area contributed by atoms with Gasteiger partial charge in [0.25, 0.3) is 0 Å². The summed E-state index contributed by atoms with van der Waals surface area (Å²) in [6.45, 7) is 0. The van der Waals surface area contributed by atoms with Crippen LogP contribution in [-0.4, -0.2) is 14.8 Å². The van der Waals surface area contributed by atoms with Gasteiger partial charge in [0.1, 0.15) is 12.2 Å². The number of hydrazine groups is 1. The number of fused-ring (bicyclic) bond motifs is 1. The van der Waals surface area contributed by atoms with Crippen molar-refractivity contribution < 1.29 is 0 Å². The Kier molecular flexibility index (Phi) is 4.01. The van der Waals surface area contributed by atoms with Gasteiger partial charge < -0.3 is 0 Å². The zero-order valence-corrected chi connectivity index (χ0v) is 13.2. The van der Waals surface area contributed by atoms with Crippen molar-refractivity contribution in [2.75, 3.05) is 0 Å². The van der Waals surface area contributed by atoms with Crippen LogP contribution in [0.1, 0.15) is 17.4 Å². The Balaban J connectivity index is 1.93. The Bertz CT molecular complexity index is 768. The summed E-state index contributed by atoms with van der Waals surface area (Å²) in [4.78, 5) is 4.25. The van der Waals surface area contributed by atoms with Crippen LogP contribution in [0.4, 0.5) is 0 Å². The molecule has 0 radical (unpaired) electrons. The van der Waals surface area contributed by atoms with E-state index >= 15 is 0 Å². The summed E-state index contributed by atoms with van der Waals surface area (Å²) < 4.78 is 2.85. The van der Waals surface area contributed by atoms with Crippen molar-refractivity contribution in [1.29, 1.82) is 0 Å². The molecule has 0 saturated carbocycles. The highest BCUT2D eigenvalue weighted by molar-refractivity contribution is 9.10. The highest BCUT2D eigenvalue weighted by Gasteiger charge is 2.14. The molecule has 1 aromatic heterocycles. The third-order valence-corrected chi connectivity index (χ3v) is 4.11. The summed E-state index contributed by atoms with van der Waals surface area (Å²) >= 11 is 3.49. The number of benzene rings is 2. The van der Waals surface area contributed by atoms with E-state index in [1.165, 1.54) is 10.8 Å². The van der Waals surface area contributed by atoms with Gasteiger partial charge in [0.15, 0.2) is 0 Å². The number of nitrogens with zero attached hydrogens (tertiary/aromatic N) is 3. The van der Waals surface area contributed by atoms with Gasteiger partial charge >= 0.3 is 0 Å². The summed E-state index contributed by atoms with van der Waals surface area (Å²) in [6, 6.07) is 12.6. The maximum absolute atomic E-state index is 5.72. The zero-order valence-electron chi connectivity index (χ0n) is 11.6. The van der Waals surface area contributed by atoms with E-state index < -0.39 is 0 Å². The third-order valence-electron chi connectivity index (χ3n) is 3.62. The molecule has 6 heteroatoms. The Labute approximate surface area is 131 Å². The van der Waals surface area contributed by atoms with E-state index in [2.05, 4.69) is 61.8 Å². The quantitative estimate of drug-likeness (QED) is 0.563. The van der Waals surface area contributed by atoms with Crippen LogP contribution in [0.15, 0.2) is 47.2 Å². The van der Waals surface area contributed by atoms with Gasteiger partial charge in [-0.05, 0) is 34.5 Å². The SMILES string of the molecule is Cn1ncnc1CC(NN)c1ccc2cc(Br)ccc2c1. The molecule has 1 atom stereocenters. The molecule has 0 fully saturated rings. The van der Waals surface area contributed by atoms with E-state index in [-0.39, 0.29) is 6.04 Å². The minimum Gasteiger partial charge on any atom is -0.271 e. The van der Waals surface area contributed by atoms with Gasteiger partial charge in [-0.1, -0.05) is 34.1 Å². The van der Waals surface area contributed by atoms with Crippen molar-refractivity contribution in [3.05, 3.63) is 58.6 Å². The Morgan fingerprint density at radius 2 is 2.00 bits per heavy atom. The second kappa shape index (κ2) is 5.93. The minimum absolute atomic E-state index is 0.000877. The molecule has 0 bridgehead atoms. The highest BCUT2D eigenvalue weighted by atomic mass is 79.9. The number of aryl methyl sites for hydroxylation is 1. The minimum atomic E-state index is 0.000877. The fraction of sp³-hybridized carbons (Fsp3) is 0.200. The molecule has 3 aromatic rings. The number of aromatic nitrogens is 3. The standard InChI is InChI=1S/C15H16BrN5/c1-21-15(18-9-19-21)8-14(20-17)12-3-2-11-7-13(16)5-4-10(11)6-12/h2-7,9,14,20H,8,17H2,1H3. The van der Waals surface area contributed by atoms with Crippen molar-refractivity contribution >= 4 is 26.7 Å². The van der Waals surface area contributed by atoms with Gasteiger partial charge in [-0.25, -0.2) is 4.98 Å². The molecule has 0 aliphatic rings. The fourth-order valence-corrected chi connectivity index (χ4v) is 2.79. The first-order chi connectivity index (χ1) is 10.2. The Morgan fingerprint density at radius 1 is 1.24 bits per heavy atom. The van der Waals surface area contributed by atoms with Gasteiger partial charge in [-0.3, -0.25) is 16.0 Å². The molecule has 3 rings (SSSR count). The van der Waals surface area contributed by atoms with Crippen LogP contribution < -0.4 is 11.3 Å². The molecule has 1 unspecified atom stereocenters. The lowest BCUT2D eigenvalue weighted by molar-refractivity contribution is 0.523. The average molecular weight is 346 g/mol. The number of hydrogen-bond acceptors (Lipinski definition) is 4. The van der Waals surface area contributed by atoms with E-state index in [9.17, 15) is 0 Å². The van der Waals surface area contributed by atoms with E-state index in [0.29, 0.717) is 6.42 Å². The first kappa shape index (κ1) is 14.2. The number of halogens is 1. The second-order valence-corrected chi connectivity index (χ2v) is 5.89. The van der Waals surface area contributed by atoms with Crippen LogP contribution in [0.2, 0.25) is 0 Å². The van der Waals surface area contributed by atoms with Crippen LogP contribution >= 0.6 is 15.9 Å². The lowest BCUT2D eigenvalue weighted by Crippen LogP contribution is -2.30. The Morgan fingerprint density at radius 3 is 2.71 bits per heavy atom. The molecule has 0 aliphatic carbocycles. The van der Waals surface area contributed by atoms with Crippen molar-refractivity contribution in [3.63, 3.8) is 0 Å². The summed E-state index contributed by atoms with van der Waals surface area (Å²) in [5, 5.41) is 6.47. The molecular weight excluding hydrogens is 330 g/mol. The number of nitrogens with two attached hydrogens (primary N) is 1. The van der Waals surface area contributed by atoms with E-state index in [1.807, 2.05) is 13.1 Å². The third kappa shape index (κ3) is 2.97. The molecule has 108 valence electrons. The molecule has 1 heterocycles. The molecule has 0 spiro atoms. The van der Waals surface area contributed by atoms with Crippen LogP contribution in [0, 0.1) is 0 Å². The summed E-state index contributed by atoms with van der Waals surface area (Å²) in [6.07, 6.45) is 2.25. The maximum Gasteiger partial charge on any atom is 0.138 e. The molecule has 2 aromatic carbocycles. The highest BCUT2D eigenvalue weighted by Crippen LogP contribution is 2.24. The fourth-order valence-electron chi connectivity index (χ4n) is 2.41. The molecule has 5 nitrogen and oxygen atoms in total. The Hall–Kier alpha value is -1.76. The largest absolute Gasteiger partial charge is 0.271 e. The van der Waals surface area contributed by atoms with Crippen molar-refractivity contribution in [2.24, 2.45) is 12.9 Å². The first-order valence-electron chi connectivity index (χ1n) is 6.65. The normalized spacial score (nSPS) is 12.7. The number of nitrogens with one attached hydrogen (secondary N) is 1. The topological polar surface area (TPSA) is 68.8 Å². The van der Waals surface area contributed by atoms with Crippen LogP contribution in [0.25, 0.3) is 10.8 Å². The van der Waals surface area contributed by atoms with E-state index in [1.54, 1.807) is 11.0 Å². The average Bonchev–Trinajstić information content (AvgIpc) is 2.89. The first-order valence-corrected chi connectivity index (χ1v) is 7.45. The maximum atomic E-state index is 5.72. The van der Waals surface area contributed by atoms with Gasteiger partial charge in [-0.15, -0.1) is 0 Å². The van der Waals surface area contributed by atoms with Crippen LogP contribution in [0.5, 0.6) is 0 Å². The van der Waals surface area contributed by atoms with Gasteiger partial charge in [0, 0.05) is 17.9 Å². The van der Waals surface area contributed by atoms with Crippen molar-refractivity contribution in [3.8, 4) is 0 Å². The van der Waals surface area contributed by atoms with E-state index in [0.717, 1.165) is 15.9 Å². The lowest BCUT2D eigenvalue weighted by atomic mass is 10.00. The van der Waals surface area contributed by atoms with Crippen molar-refractivity contribution in [1.82, 2.24) is 20.2 Å². The molecule has 0 aliphatic heterocycles. The lowest BCUT2D eigenvalue weighted by Gasteiger charge is -2.16. The second-order valence-electron chi connectivity index (χ2n) is 4.97. The van der Waals surface area contributed by atoms with Gasteiger partial charge in [0.2, 0.25) is 0 Å². The summed E-state index contributed by atoms with van der Waals surface area (Å²) in [5.74, 6) is 6.62. The van der Waals surface area contributed by atoms with E-state index in [4.69, 9.17) is 5.84 Å².